The second-order valence-corrected chi connectivity index (χ2v) is 6.01. The van der Waals surface area contributed by atoms with Crippen molar-refractivity contribution in [3.8, 4) is 0 Å². The van der Waals surface area contributed by atoms with Gasteiger partial charge in [-0.1, -0.05) is 35.4 Å². The molecule has 0 bridgehead atoms. The van der Waals surface area contributed by atoms with Crippen LogP contribution in [0.5, 0.6) is 0 Å². The molecule has 0 aromatic rings. The van der Waals surface area contributed by atoms with E-state index in [-0.39, 0.29) is 5.91 Å². The molecular formula is C9H19NOS2. The molecule has 0 saturated carbocycles. The van der Waals surface area contributed by atoms with E-state index in [2.05, 4.69) is 19.2 Å². The first-order chi connectivity index (χ1) is 6.13. The molecule has 0 unspecified atom stereocenters. The maximum atomic E-state index is 10.5. The van der Waals surface area contributed by atoms with Gasteiger partial charge in [-0.05, 0) is 12.3 Å². The fraction of sp³-hybridized carbons (Fsp3) is 0.889. The molecule has 0 radical (unpaired) electrons. The summed E-state index contributed by atoms with van der Waals surface area (Å²) in [6, 6.07) is 0. The highest BCUT2D eigenvalue weighted by molar-refractivity contribution is 8.76. The van der Waals surface area contributed by atoms with Gasteiger partial charge < -0.3 is 5.32 Å². The maximum absolute atomic E-state index is 10.5. The summed E-state index contributed by atoms with van der Waals surface area (Å²) in [5.41, 5.74) is 0. The van der Waals surface area contributed by atoms with Crippen LogP contribution in [0.4, 0.5) is 0 Å². The maximum Gasteiger partial charge on any atom is 0.216 e. The standard InChI is InChI=1S/C9H19NOS2/c1-8(2)4-6-12-13-7-5-10-9(3)11/h8H,4-7H2,1-3H3,(H,10,11). The van der Waals surface area contributed by atoms with Crippen LogP contribution in [0.3, 0.4) is 0 Å². The number of carbonyl (C=O) groups is 1. The van der Waals surface area contributed by atoms with Crippen LogP contribution >= 0.6 is 21.6 Å². The van der Waals surface area contributed by atoms with Crippen LogP contribution < -0.4 is 5.32 Å². The van der Waals surface area contributed by atoms with Gasteiger partial charge in [-0.3, -0.25) is 4.79 Å². The Hall–Kier alpha value is 0.170. The Labute approximate surface area is 89.0 Å². The van der Waals surface area contributed by atoms with E-state index in [0.29, 0.717) is 0 Å². The van der Waals surface area contributed by atoms with Gasteiger partial charge in [-0.25, -0.2) is 0 Å². The third-order valence-electron chi connectivity index (χ3n) is 1.42. The molecule has 4 heteroatoms. The molecular weight excluding hydrogens is 202 g/mol. The highest BCUT2D eigenvalue weighted by Gasteiger charge is 1.95. The average Bonchev–Trinajstić information content (AvgIpc) is 2.01. The zero-order valence-electron chi connectivity index (χ0n) is 8.63. The van der Waals surface area contributed by atoms with E-state index in [1.165, 1.54) is 12.2 Å². The second-order valence-electron chi connectivity index (χ2n) is 3.31. The molecule has 0 atom stereocenters. The van der Waals surface area contributed by atoms with Crippen molar-refractivity contribution in [2.75, 3.05) is 18.1 Å². The van der Waals surface area contributed by atoms with Gasteiger partial charge in [0.1, 0.15) is 0 Å². The molecule has 0 aliphatic rings. The average molecular weight is 221 g/mol. The lowest BCUT2D eigenvalue weighted by atomic mass is 10.2. The zero-order valence-corrected chi connectivity index (χ0v) is 10.3. The van der Waals surface area contributed by atoms with Crippen LogP contribution in [-0.4, -0.2) is 24.0 Å². The van der Waals surface area contributed by atoms with E-state index in [4.69, 9.17) is 0 Å². The van der Waals surface area contributed by atoms with E-state index < -0.39 is 0 Å². The molecule has 0 aromatic carbocycles. The minimum Gasteiger partial charge on any atom is -0.355 e. The van der Waals surface area contributed by atoms with E-state index in [9.17, 15) is 4.79 Å². The summed E-state index contributed by atoms with van der Waals surface area (Å²) in [5, 5.41) is 2.77. The predicted molar refractivity (Wildman–Crippen MR) is 63.1 cm³/mol. The topological polar surface area (TPSA) is 29.1 Å². The highest BCUT2D eigenvalue weighted by atomic mass is 33.1. The molecule has 0 heterocycles. The summed E-state index contributed by atoms with van der Waals surface area (Å²) < 4.78 is 0. The van der Waals surface area contributed by atoms with Gasteiger partial charge in [0, 0.05) is 25.0 Å². The van der Waals surface area contributed by atoms with Crippen molar-refractivity contribution in [1.82, 2.24) is 5.32 Å². The van der Waals surface area contributed by atoms with Gasteiger partial charge in [0.2, 0.25) is 5.91 Å². The molecule has 0 rings (SSSR count). The minimum absolute atomic E-state index is 0.0628. The number of hydrogen-bond donors (Lipinski definition) is 1. The molecule has 78 valence electrons. The summed E-state index contributed by atoms with van der Waals surface area (Å²) in [6.45, 7) is 6.82. The fourth-order valence-electron chi connectivity index (χ4n) is 0.670. The summed E-state index contributed by atoms with van der Waals surface area (Å²) in [4.78, 5) is 10.5. The third-order valence-corrected chi connectivity index (χ3v) is 3.86. The monoisotopic (exact) mass is 221 g/mol. The minimum atomic E-state index is 0.0628. The zero-order chi connectivity index (χ0) is 10.1. The van der Waals surface area contributed by atoms with Gasteiger partial charge in [0.25, 0.3) is 0 Å². The highest BCUT2D eigenvalue weighted by Crippen LogP contribution is 2.22. The first-order valence-electron chi connectivity index (χ1n) is 4.61. The van der Waals surface area contributed by atoms with E-state index in [0.717, 1.165) is 18.2 Å². The summed E-state index contributed by atoms with van der Waals surface area (Å²) >= 11 is 0. The molecule has 2 nitrogen and oxygen atoms in total. The van der Waals surface area contributed by atoms with Crippen molar-refractivity contribution in [3.05, 3.63) is 0 Å². The van der Waals surface area contributed by atoms with Crippen molar-refractivity contribution in [2.45, 2.75) is 27.2 Å². The lowest BCUT2D eigenvalue weighted by Crippen LogP contribution is -2.22. The number of nitrogens with one attached hydrogen (secondary N) is 1. The lowest BCUT2D eigenvalue weighted by molar-refractivity contribution is -0.118. The molecule has 0 fully saturated rings. The first kappa shape index (κ1) is 13.2. The number of amides is 1. The van der Waals surface area contributed by atoms with Crippen LogP contribution in [0.1, 0.15) is 27.2 Å². The Balaban J connectivity index is 2.96. The molecule has 0 spiro atoms. The van der Waals surface area contributed by atoms with Crippen molar-refractivity contribution in [3.63, 3.8) is 0 Å². The van der Waals surface area contributed by atoms with Gasteiger partial charge in [0.05, 0.1) is 0 Å². The first-order valence-corrected chi connectivity index (χ1v) is 7.10. The molecule has 0 aromatic heterocycles. The van der Waals surface area contributed by atoms with Gasteiger partial charge in [-0.2, -0.15) is 0 Å². The van der Waals surface area contributed by atoms with Crippen LogP contribution in [-0.2, 0) is 4.79 Å². The lowest BCUT2D eigenvalue weighted by Gasteiger charge is -2.03. The molecule has 1 amide bonds. The number of carbonyl (C=O) groups excluding carboxylic acids is 1. The molecule has 0 aliphatic carbocycles. The van der Waals surface area contributed by atoms with Crippen LogP contribution in [0, 0.1) is 5.92 Å². The Morgan fingerprint density at radius 2 is 1.92 bits per heavy atom. The number of hydrogen-bond acceptors (Lipinski definition) is 3. The van der Waals surface area contributed by atoms with E-state index in [1.54, 1.807) is 6.92 Å². The molecule has 13 heavy (non-hydrogen) atoms. The Morgan fingerprint density at radius 1 is 1.31 bits per heavy atom. The smallest absolute Gasteiger partial charge is 0.216 e. The van der Waals surface area contributed by atoms with Crippen molar-refractivity contribution >= 4 is 27.5 Å². The second kappa shape index (κ2) is 8.75. The van der Waals surface area contributed by atoms with Gasteiger partial charge in [-0.15, -0.1) is 0 Å². The normalized spacial score (nSPS) is 10.5. The molecule has 1 N–H and O–H groups in total. The largest absolute Gasteiger partial charge is 0.355 e. The van der Waals surface area contributed by atoms with Crippen molar-refractivity contribution in [1.29, 1.82) is 0 Å². The fourth-order valence-corrected chi connectivity index (χ4v) is 2.90. The van der Waals surface area contributed by atoms with Crippen LogP contribution in [0.25, 0.3) is 0 Å². The summed E-state index contributed by atoms with van der Waals surface area (Å²) in [7, 11) is 3.74. The van der Waals surface area contributed by atoms with Gasteiger partial charge >= 0.3 is 0 Å². The summed E-state index contributed by atoms with van der Waals surface area (Å²) in [5.74, 6) is 3.07. The quantitative estimate of drug-likeness (QED) is 0.529. The Bertz CT molecular complexity index is 140. The van der Waals surface area contributed by atoms with Crippen molar-refractivity contribution < 1.29 is 4.79 Å². The number of rotatable bonds is 7. The summed E-state index contributed by atoms with van der Waals surface area (Å²) in [6.07, 6.45) is 1.28. The predicted octanol–water partition coefficient (Wildman–Crippen LogP) is 2.55. The molecule has 0 saturated heterocycles. The van der Waals surface area contributed by atoms with Crippen LogP contribution in [0.2, 0.25) is 0 Å². The van der Waals surface area contributed by atoms with E-state index in [1.807, 2.05) is 21.6 Å². The molecule has 0 aliphatic heterocycles. The van der Waals surface area contributed by atoms with Gasteiger partial charge in [0.15, 0.2) is 0 Å². The Morgan fingerprint density at radius 3 is 2.46 bits per heavy atom. The van der Waals surface area contributed by atoms with Crippen LogP contribution in [0.15, 0.2) is 0 Å². The Kier molecular flexibility index (Phi) is 8.87. The van der Waals surface area contributed by atoms with Crippen molar-refractivity contribution in [2.24, 2.45) is 5.92 Å². The SMILES string of the molecule is CC(=O)NCCSSCCC(C)C. The van der Waals surface area contributed by atoms with E-state index >= 15 is 0 Å². The third kappa shape index (κ3) is 12.2.